The van der Waals surface area contributed by atoms with E-state index >= 15 is 0 Å². The molecule has 0 saturated carbocycles. The van der Waals surface area contributed by atoms with Gasteiger partial charge in [-0.05, 0) is 0 Å². The zero-order valence-electron chi connectivity index (χ0n) is 6.95. The van der Waals surface area contributed by atoms with Gasteiger partial charge < -0.3 is 10.5 Å². The molecule has 1 heterocycles. The number of rotatable bonds is 3. The van der Waals surface area contributed by atoms with Crippen LogP contribution in [0.3, 0.4) is 0 Å². The van der Waals surface area contributed by atoms with Crippen LogP contribution in [0.4, 0.5) is 0 Å². The van der Waals surface area contributed by atoms with E-state index in [1.165, 1.54) is 7.11 Å². The normalized spacial score (nSPS) is 23.8. The molecule has 1 aliphatic rings. The van der Waals surface area contributed by atoms with Crippen molar-refractivity contribution >= 4 is 11.8 Å². The van der Waals surface area contributed by atoms with Crippen LogP contribution in [-0.2, 0) is 14.3 Å². The van der Waals surface area contributed by atoms with E-state index in [0.717, 1.165) is 4.90 Å². The van der Waals surface area contributed by atoms with Crippen molar-refractivity contribution in [1.82, 2.24) is 4.90 Å². The highest BCUT2D eigenvalue weighted by Gasteiger charge is 2.35. The van der Waals surface area contributed by atoms with Gasteiger partial charge in [0.15, 0.2) is 0 Å². The van der Waals surface area contributed by atoms with E-state index in [1.807, 2.05) is 0 Å². The quantitative estimate of drug-likeness (QED) is 0.538. The number of nitrogens with zero attached hydrogens (tertiary/aromatic N) is 1. The maximum absolute atomic E-state index is 11.1. The second kappa shape index (κ2) is 3.64. The Balaban J connectivity index is 2.52. The zero-order chi connectivity index (χ0) is 9.14. The van der Waals surface area contributed by atoms with Crippen molar-refractivity contribution in [2.75, 3.05) is 20.3 Å². The van der Waals surface area contributed by atoms with Crippen molar-refractivity contribution in [3.63, 3.8) is 0 Å². The molecule has 5 nitrogen and oxygen atoms in total. The first-order valence-corrected chi connectivity index (χ1v) is 3.75. The van der Waals surface area contributed by atoms with Crippen LogP contribution in [0.15, 0.2) is 0 Å². The number of carbonyl (C=O) groups excluding carboxylic acids is 2. The summed E-state index contributed by atoms with van der Waals surface area (Å²) in [5.74, 6) is -0.499. The smallest absolute Gasteiger partial charge is 0.246 e. The highest BCUT2D eigenvalue weighted by atomic mass is 16.5. The Hall–Kier alpha value is -0.940. The van der Waals surface area contributed by atoms with Gasteiger partial charge >= 0.3 is 0 Å². The first-order chi connectivity index (χ1) is 5.66. The third-order valence-corrected chi connectivity index (χ3v) is 1.80. The summed E-state index contributed by atoms with van der Waals surface area (Å²) in [4.78, 5) is 23.4. The standard InChI is InChI=1S/C7H12N2O3/c1-12-3-2-9-6(10)4-5(8)7(9)11/h5H,2-4,8H2,1H3. The van der Waals surface area contributed by atoms with Gasteiger partial charge in [-0.3, -0.25) is 14.5 Å². The van der Waals surface area contributed by atoms with Gasteiger partial charge in [0, 0.05) is 7.11 Å². The lowest BCUT2D eigenvalue weighted by Crippen LogP contribution is -2.37. The van der Waals surface area contributed by atoms with Crippen molar-refractivity contribution in [3.8, 4) is 0 Å². The van der Waals surface area contributed by atoms with E-state index in [-0.39, 0.29) is 18.2 Å². The van der Waals surface area contributed by atoms with Gasteiger partial charge in [-0.1, -0.05) is 0 Å². The Morgan fingerprint density at radius 1 is 1.67 bits per heavy atom. The zero-order valence-corrected chi connectivity index (χ0v) is 6.95. The minimum Gasteiger partial charge on any atom is -0.383 e. The largest absolute Gasteiger partial charge is 0.383 e. The van der Waals surface area contributed by atoms with E-state index in [0.29, 0.717) is 13.2 Å². The summed E-state index contributed by atoms with van der Waals surface area (Å²) in [5, 5.41) is 0. The molecule has 0 bridgehead atoms. The van der Waals surface area contributed by atoms with Gasteiger partial charge in [0.2, 0.25) is 11.8 Å². The fraction of sp³-hybridized carbons (Fsp3) is 0.714. The molecule has 12 heavy (non-hydrogen) atoms. The number of nitrogens with two attached hydrogens (primary N) is 1. The molecule has 1 atom stereocenters. The Labute approximate surface area is 70.5 Å². The van der Waals surface area contributed by atoms with Crippen molar-refractivity contribution in [3.05, 3.63) is 0 Å². The van der Waals surface area contributed by atoms with Gasteiger partial charge in [-0.2, -0.15) is 0 Å². The SMILES string of the molecule is COCCN1C(=O)CC(N)C1=O. The average molecular weight is 172 g/mol. The molecule has 0 aromatic carbocycles. The molecule has 5 heteroatoms. The third-order valence-electron chi connectivity index (χ3n) is 1.80. The summed E-state index contributed by atoms with van der Waals surface area (Å²) in [7, 11) is 1.52. The Morgan fingerprint density at radius 2 is 2.33 bits per heavy atom. The van der Waals surface area contributed by atoms with E-state index in [2.05, 4.69) is 0 Å². The van der Waals surface area contributed by atoms with Gasteiger partial charge in [-0.25, -0.2) is 0 Å². The van der Waals surface area contributed by atoms with E-state index < -0.39 is 6.04 Å². The maximum Gasteiger partial charge on any atom is 0.246 e. The van der Waals surface area contributed by atoms with E-state index in [4.69, 9.17) is 10.5 Å². The highest BCUT2D eigenvalue weighted by Crippen LogP contribution is 2.09. The van der Waals surface area contributed by atoms with E-state index in [1.54, 1.807) is 0 Å². The number of carbonyl (C=O) groups is 2. The first-order valence-electron chi connectivity index (χ1n) is 3.75. The lowest BCUT2D eigenvalue weighted by atomic mass is 10.3. The number of hydrogen-bond acceptors (Lipinski definition) is 4. The van der Waals surface area contributed by atoms with Gasteiger partial charge in [0.25, 0.3) is 0 Å². The Morgan fingerprint density at radius 3 is 2.75 bits per heavy atom. The fourth-order valence-electron chi connectivity index (χ4n) is 1.13. The maximum atomic E-state index is 11.1. The molecule has 2 N–H and O–H groups in total. The molecule has 1 saturated heterocycles. The predicted octanol–water partition coefficient (Wildman–Crippen LogP) is -1.28. The lowest BCUT2D eigenvalue weighted by molar-refractivity contribution is -0.139. The molecule has 0 aromatic heterocycles. The molecule has 0 spiro atoms. The van der Waals surface area contributed by atoms with Crippen LogP contribution in [-0.4, -0.2) is 43.0 Å². The number of imide groups is 1. The molecule has 1 rings (SSSR count). The van der Waals surface area contributed by atoms with Crippen LogP contribution in [0.5, 0.6) is 0 Å². The van der Waals surface area contributed by atoms with Gasteiger partial charge in [0.1, 0.15) is 0 Å². The summed E-state index contributed by atoms with van der Waals surface area (Å²) in [5.41, 5.74) is 5.38. The van der Waals surface area contributed by atoms with Gasteiger partial charge in [0.05, 0.1) is 25.6 Å². The second-order valence-electron chi connectivity index (χ2n) is 2.69. The Bertz CT molecular complexity index is 205. The van der Waals surface area contributed by atoms with Crippen LogP contribution in [0.1, 0.15) is 6.42 Å². The summed E-state index contributed by atoms with van der Waals surface area (Å²) in [6.45, 7) is 0.673. The topological polar surface area (TPSA) is 72.6 Å². The monoisotopic (exact) mass is 172 g/mol. The van der Waals surface area contributed by atoms with Crippen LogP contribution in [0.2, 0.25) is 0 Å². The summed E-state index contributed by atoms with van der Waals surface area (Å²) < 4.78 is 4.75. The fourth-order valence-corrected chi connectivity index (χ4v) is 1.13. The minimum atomic E-state index is -0.644. The lowest BCUT2D eigenvalue weighted by Gasteiger charge is -2.12. The van der Waals surface area contributed by atoms with Crippen molar-refractivity contribution in [1.29, 1.82) is 0 Å². The van der Waals surface area contributed by atoms with Gasteiger partial charge in [-0.15, -0.1) is 0 Å². The number of ether oxygens (including phenoxy) is 1. The van der Waals surface area contributed by atoms with Crippen LogP contribution in [0, 0.1) is 0 Å². The van der Waals surface area contributed by atoms with Crippen molar-refractivity contribution < 1.29 is 14.3 Å². The van der Waals surface area contributed by atoms with Crippen molar-refractivity contribution in [2.24, 2.45) is 5.73 Å². The first kappa shape index (κ1) is 9.15. The molecule has 0 aromatic rings. The molecule has 2 amide bonds. The number of hydrogen-bond donors (Lipinski definition) is 1. The molecule has 68 valence electrons. The highest BCUT2D eigenvalue weighted by molar-refractivity contribution is 6.05. The molecular weight excluding hydrogens is 160 g/mol. The van der Waals surface area contributed by atoms with Crippen molar-refractivity contribution in [2.45, 2.75) is 12.5 Å². The minimum absolute atomic E-state index is 0.128. The second-order valence-corrected chi connectivity index (χ2v) is 2.69. The number of amides is 2. The number of methoxy groups -OCH3 is 1. The molecule has 1 aliphatic heterocycles. The summed E-state index contributed by atoms with van der Waals surface area (Å²) >= 11 is 0. The summed E-state index contributed by atoms with van der Waals surface area (Å²) in [6, 6.07) is -0.644. The average Bonchev–Trinajstić information content (AvgIpc) is 2.25. The predicted molar refractivity (Wildman–Crippen MR) is 41.2 cm³/mol. The van der Waals surface area contributed by atoms with Crippen LogP contribution >= 0.6 is 0 Å². The Kier molecular flexibility index (Phi) is 2.78. The summed E-state index contributed by atoms with van der Waals surface area (Å²) in [6.07, 6.45) is 0.128. The van der Waals surface area contributed by atoms with Crippen LogP contribution in [0.25, 0.3) is 0 Å². The number of likely N-dealkylation sites (tertiary alicyclic amines) is 1. The van der Waals surface area contributed by atoms with Crippen LogP contribution < -0.4 is 5.73 Å². The molecule has 1 unspecified atom stereocenters. The molecule has 0 radical (unpaired) electrons. The molecule has 1 fully saturated rings. The van der Waals surface area contributed by atoms with E-state index in [9.17, 15) is 9.59 Å². The third kappa shape index (κ3) is 1.62. The molecule has 0 aliphatic carbocycles. The molecular formula is C7H12N2O3.